The first kappa shape index (κ1) is 14.5. The normalized spacial score (nSPS) is 13.2. The van der Waals surface area contributed by atoms with Gasteiger partial charge in [-0.05, 0) is 41.5 Å². The quantitative estimate of drug-likeness (QED) is 0.501. The summed E-state index contributed by atoms with van der Waals surface area (Å²) in [6.07, 6.45) is 2.71. The van der Waals surface area contributed by atoms with Gasteiger partial charge in [0.1, 0.15) is 5.76 Å². The highest BCUT2D eigenvalue weighted by molar-refractivity contribution is 5.93. The van der Waals surface area contributed by atoms with E-state index in [0.29, 0.717) is 16.7 Å². The molecule has 0 saturated heterocycles. The highest BCUT2D eigenvalue weighted by Crippen LogP contribution is 2.37. The summed E-state index contributed by atoms with van der Waals surface area (Å²) in [7, 11) is 0. The lowest BCUT2D eigenvalue weighted by atomic mass is 9.95. The molecule has 1 heterocycles. The zero-order valence-electron chi connectivity index (χ0n) is 11.7. The summed E-state index contributed by atoms with van der Waals surface area (Å²) in [6.45, 7) is 0. The van der Waals surface area contributed by atoms with E-state index in [1.54, 1.807) is 0 Å². The fourth-order valence-electron chi connectivity index (χ4n) is 2.26. The third-order valence-electron chi connectivity index (χ3n) is 3.36. The number of benzene rings is 2. The van der Waals surface area contributed by atoms with Crippen LogP contribution in [0.1, 0.15) is 11.1 Å². The number of rotatable bonds is 2. The maximum atomic E-state index is 11.3. The van der Waals surface area contributed by atoms with Crippen molar-refractivity contribution in [2.45, 2.75) is 0 Å². The van der Waals surface area contributed by atoms with Crippen molar-refractivity contribution in [2.75, 3.05) is 0 Å². The summed E-state index contributed by atoms with van der Waals surface area (Å²) in [5, 5.41) is 38.3. The molecule has 0 saturated carbocycles. The van der Waals surface area contributed by atoms with E-state index in [1.807, 2.05) is 0 Å². The first-order chi connectivity index (χ1) is 11.0. The van der Waals surface area contributed by atoms with Gasteiger partial charge in [-0.2, -0.15) is 0 Å². The summed E-state index contributed by atoms with van der Waals surface area (Å²) in [5.74, 6) is -1.56. The van der Waals surface area contributed by atoms with Gasteiger partial charge in [-0.1, -0.05) is 12.1 Å². The summed E-state index contributed by atoms with van der Waals surface area (Å²) >= 11 is 0. The number of phenols is 4. The van der Waals surface area contributed by atoms with Crippen molar-refractivity contribution in [3.05, 3.63) is 65.4 Å². The van der Waals surface area contributed by atoms with Gasteiger partial charge in [0.2, 0.25) is 0 Å². The third kappa shape index (κ3) is 2.69. The zero-order valence-corrected chi connectivity index (χ0v) is 11.7. The maximum Gasteiger partial charge on any atom is 0.336 e. The van der Waals surface area contributed by atoms with E-state index >= 15 is 0 Å². The van der Waals surface area contributed by atoms with Gasteiger partial charge in [-0.25, -0.2) is 4.79 Å². The number of allylic oxidation sites excluding steroid dienone is 1. The first-order valence-electron chi connectivity index (χ1n) is 6.64. The van der Waals surface area contributed by atoms with Crippen LogP contribution in [0.4, 0.5) is 0 Å². The number of aromatic hydroxyl groups is 4. The van der Waals surface area contributed by atoms with Gasteiger partial charge in [0.15, 0.2) is 23.0 Å². The molecule has 0 radical (unpaired) electrons. The Morgan fingerprint density at radius 1 is 0.739 bits per heavy atom. The Morgan fingerprint density at radius 3 is 1.65 bits per heavy atom. The average Bonchev–Trinajstić information content (AvgIpc) is 2.93. The van der Waals surface area contributed by atoms with Gasteiger partial charge in [-0.3, -0.25) is 0 Å². The van der Waals surface area contributed by atoms with E-state index in [2.05, 4.69) is 0 Å². The van der Waals surface area contributed by atoms with Crippen LogP contribution in [0, 0.1) is 0 Å². The predicted molar refractivity (Wildman–Crippen MR) is 80.8 cm³/mol. The molecule has 0 fully saturated rings. The molecule has 23 heavy (non-hydrogen) atoms. The van der Waals surface area contributed by atoms with Crippen LogP contribution in [0.3, 0.4) is 0 Å². The highest BCUT2D eigenvalue weighted by Gasteiger charge is 2.20. The largest absolute Gasteiger partial charge is 0.504 e. The molecule has 3 rings (SSSR count). The molecule has 116 valence electrons. The van der Waals surface area contributed by atoms with Crippen LogP contribution < -0.4 is 0 Å². The fourth-order valence-corrected chi connectivity index (χ4v) is 2.26. The number of ether oxygens (including phenoxy) is 1. The van der Waals surface area contributed by atoms with E-state index in [1.165, 1.54) is 48.6 Å². The Bertz CT molecular complexity index is 810. The minimum atomic E-state index is -0.538. The van der Waals surface area contributed by atoms with Crippen molar-refractivity contribution < 1.29 is 30.0 Å². The van der Waals surface area contributed by atoms with Crippen LogP contribution >= 0.6 is 0 Å². The molecular weight excluding hydrogens is 300 g/mol. The molecular formula is C17H12O6. The molecule has 2 aromatic rings. The van der Waals surface area contributed by atoms with Crippen molar-refractivity contribution in [2.24, 2.45) is 0 Å². The van der Waals surface area contributed by atoms with Crippen molar-refractivity contribution in [1.82, 2.24) is 0 Å². The lowest BCUT2D eigenvalue weighted by Crippen LogP contribution is -1.97. The fraction of sp³-hybridized carbons (Fsp3) is 0. The molecule has 1 aliphatic heterocycles. The second-order valence-electron chi connectivity index (χ2n) is 4.90. The van der Waals surface area contributed by atoms with Crippen LogP contribution in [0.5, 0.6) is 23.0 Å². The van der Waals surface area contributed by atoms with E-state index in [-0.39, 0.29) is 28.8 Å². The van der Waals surface area contributed by atoms with Crippen LogP contribution in [0.2, 0.25) is 0 Å². The molecule has 4 N–H and O–H groups in total. The number of carbonyl (C=O) groups excluding carboxylic acids is 1. The Balaban J connectivity index is 2.22. The summed E-state index contributed by atoms with van der Waals surface area (Å²) in [5.41, 5.74) is 1.33. The lowest BCUT2D eigenvalue weighted by molar-refractivity contribution is -0.132. The Labute approximate surface area is 130 Å². The average molecular weight is 312 g/mol. The molecule has 1 aliphatic rings. The maximum absolute atomic E-state index is 11.3. The Kier molecular flexibility index (Phi) is 3.42. The molecule has 6 heteroatoms. The Hall–Kier alpha value is -3.41. The number of esters is 1. The SMILES string of the molecule is O=C1C=CC(=C(c2ccc(O)c(O)c2)c2ccc(O)c(O)c2)O1. The number of hydrogen-bond acceptors (Lipinski definition) is 6. The van der Waals surface area contributed by atoms with E-state index in [0.717, 1.165) is 0 Å². The third-order valence-corrected chi connectivity index (χ3v) is 3.36. The van der Waals surface area contributed by atoms with Crippen molar-refractivity contribution in [1.29, 1.82) is 0 Å². The van der Waals surface area contributed by atoms with E-state index < -0.39 is 5.97 Å². The van der Waals surface area contributed by atoms with Gasteiger partial charge >= 0.3 is 5.97 Å². The number of carbonyl (C=O) groups is 1. The van der Waals surface area contributed by atoms with Crippen LogP contribution in [-0.4, -0.2) is 26.4 Å². The lowest BCUT2D eigenvalue weighted by Gasteiger charge is -2.13. The summed E-state index contributed by atoms with van der Waals surface area (Å²) < 4.78 is 5.11. The zero-order chi connectivity index (χ0) is 16.6. The van der Waals surface area contributed by atoms with Gasteiger partial charge in [0, 0.05) is 11.6 Å². The minimum Gasteiger partial charge on any atom is -0.504 e. The molecule has 0 aromatic heterocycles. The standard InChI is InChI=1S/C17H12O6/c18-11-3-1-9(7-13(11)20)17(15-5-6-16(22)23-15)10-2-4-12(19)14(21)8-10/h1-8,18-21H. The number of phenolic OH excluding ortho intramolecular Hbond substituents is 4. The molecule has 6 nitrogen and oxygen atoms in total. The van der Waals surface area contributed by atoms with Crippen molar-refractivity contribution >= 4 is 11.5 Å². The smallest absolute Gasteiger partial charge is 0.336 e. The minimum absolute atomic E-state index is 0.227. The van der Waals surface area contributed by atoms with Gasteiger partial charge in [-0.15, -0.1) is 0 Å². The topological polar surface area (TPSA) is 107 Å². The van der Waals surface area contributed by atoms with Crippen molar-refractivity contribution in [3.8, 4) is 23.0 Å². The second kappa shape index (κ2) is 5.42. The van der Waals surface area contributed by atoms with Gasteiger partial charge < -0.3 is 25.2 Å². The monoisotopic (exact) mass is 312 g/mol. The highest BCUT2D eigenvalue weighted by atomic mass is 16.5. The molecule has 0 bridgehead atoms. The Morgan fingerprint density at radius 2 is 1.26 bits per heavy atom. The van der Waals surface area contributed by atoms with Gasteiger partial charge in [0.05, 0.1) is 0 Å². The molecule has 0 atom stereocenters. The van der Waals surface area contributed by atoms with Crippen molar-refractivity contribution in [3.63, 3.8) is 0 Å². The molecule has 0 amide bonds. The number of cyclic esters (lactones) is 1. The number of hydrogen-bond donors (Lipinski definition) is 4. The molecule has 0 spiro atoms. The van der Waals surface area contributed by atoms with E-state index in [9.17, 15) is 25.2 Å². The molecule has 0 unspecified atom stereocenters. The predicted octanol–water partition coefficient (Wildman–Crippen LogP) is 2.38. The van der Waals surface area contributed by atoms with Crippen LogP contribution in [0.15, 0.2) is 54.3 Å². The van der Waals surface area contributed by atoms with Gasteiger partial charge in [0.25, 0.3) is 0 Å². The molecule has 0 aliphatic carbocycles. The van der Waals surface area contributed by atoms with Crippen LogP contribution in [0.25, 0.3) is 5.57 Å². The summed E-state index contributed by atoms with van der Waals surface area (Å²) in [6, 6.07) is 8.27. The van der Waals surface area contributed by atoms with Crippen LogP contribution in [-0.2, 0) is 9.53 Å². The molecule has 2 aromatic carbocycles. The van der Waals surface area contributed by atoms with E-state index in [4.69, 9.17) is 4.74 Å². The summed E-state index contributed by atoms with van der Waals surface area (Å²) in [4.78, 5) is 11.3. The first-order valence-corrected chi connectivity index (χ1v) is 6.64. The second-order valence-corrected chi connectivity index (χ2v) is 4.90.